The summed E-state index contributed by atoms with van der Waals surface area (Å²) in [4.78, 5) is 32.1. The van der Waals surface area contributed by atoms with Gasteiger partial charge in [0.05, 0.1) is 5.52 Å². The van der Waals surface area contributed by atoms with E-state index in [-0.39, 0.29) is 30.7 Å². The number of piperidine rings is 1. The summed E-state index contributed by atoms with van der Waals surface area (Å²) in [6.45, 7) is 8.70. The number of rotatable bonds is 6. The van der Waals surface area contributed by atoms with Crippen LogP contribution in [0.4, 0.5) is 11.5 Å². The van der Waals surface area contributed by atoms with Crippen LogP contribution in [0.1, 0.15) is 70.8 Å². The zero-order valence-electron chi connectivity index (χ0n) is 20.3. The first-order chi connectivity index (χ1) is 15.9. The molecule has 2 aromatic rings. The second-order valence-corrected chi connectivity index (χ2v) is 10.1. The lowest BCUT2D eigenvalue weighted by Gasteiger charge is -2.34. The summed E-state index contributed by atoms with van der Waals surface area (Å²) >= 11 is 0. The molecule has 1 saturated carbocycles. The van der Waals surface area contributed by atoms with Gasteiger partial charge in [-0.2, -0.15) is 0 Å². The second-order valence-electron chi connectivity index (χ2n) is 10.1. The fourth-order valence-corrected chi connectivity index (χ4v) is 5.25. The Balaban J connectivity index is 1.33. The number of carbonyl (C=O) groups is 2. The Bertz CT molecular complexity index is 999. The van der Waals surface area contributed by atoms with Gasteiger partial charge in [-0.15, -0.1) is 0 Å². The van der Waals surface area contributed by atoms with Crippen LogP contribution in [0.3, 0.4) is 0 Å². The van der Waals surface area contributed by atoms with Crippen LogP contribution < -0.4 is 15.5 Å². The second kappa shape index (κ2) is 10.5. The molecule has 1 aromatic carbocycles. The number of nitrogens with one attached hydrogen (secondary N) is 2. The Morgan fingerprint density at radius 1 is 1.00 bits per heavy atom. The molecule has 0 bridgehead atoms. The fourth-order valence-electron chi connectivity index (χ4n) is 5.25. The number of hydrogen-bond donors (Lipinski definition) is 2. The molecule has 2 heterocycles. The minimum absolute atomic E-state index is 0.0279. The number of aryl methyl sites for hydroxylation is 1. The molecule has 1 aliphatic carbocycles. The molecular formula is C27H38N4O2. The quantitative estimate of drug-likeness (QED) is 0.635. The number of nitrogens with zero attached hydrogens (tertiary/aromatic N) is 2. The van der Waals surface area contributed by atoms with Crippen molar-refractivity contribution in [3.05, 3.63) is 29.8 Å². The average molecular weight is 451 g/mol. The summed E-state index contributed by atoms with van der Waals surface area (Å²) in [7, 11) is 0. The summed E-state index contributed by atoms with van der Waals surface area (Å²) in [5, 5.41) is 7.16. The first kappa shape index (κ1) is 23.5. The van der Waals surface area contributed by atoms with Gasteiger partial charge < -0.3 is 15.5 Å². The average Bonchev–Trinajstić information content (AvgIpc) is 2.81. The Kier molecular flexibility index (Phi) is 7.51. The number of carbonyl (C=O) groups excluding carboxylic acids is 2. The molecule has 0 spiro atoms. The van der Waals surface area contributed by atoms with Gasteiger partial charge in [0.15, 0.2) is 0 Å². The summed E-state index contributed by atoms with van der Waals surface area (Å²) in [5.41, 5.74) is 2.86. The summed E-state index contributed by atoms with van der Waals surface area (Å²) < 4.78 is 0. The molecule has 0 unspecified atom stereocenters. The number of hydrogen-bond acceptors (Lipinski definition) is 4. The van der Waals surface area contributed by atoms with Crippen molar-refractivity contribution in [3.8, 4) is 0 Å². The minimum atomic E-state index is -0.134. The highest BCUT2D eigenvalue weighted by atomic mass is 16.2. The van der Waals surface area contributed by atoms with E-state index >= 15 is 0 Å². The standard InChI is InChI=1S/C27H38N4O2/c1-18-8-7-9-23(20(18)3)30-27(33)13-12-26(32)28-21-10-11-24-22(17-21)19(2)16-25(29-24)31-14-5-4-6-15-31/h10-11,16-18,20,23H,4-9,12-15H2,1-3H3,(H,28,32)(H,30,33)/t18-,20+,23-/m1/s1. The van der Waals surface area contributed by atoms with Crippen molar-refractivity contribution in [2.45, 2.75) is 78.2 Å². The third-order valence-corrected chi connectivity index (χ3v) is 7.60. The molecule has 2 aliphatic rings. The third-order valence-electron chi connectivity index (χ3n) is 7.60. The van der Waals surface area contributed by atoms with Crippen LogP contribution in [0.2, 0.25) is 0 Å². The lowest BCUT2D eigenvalue weighted by molar-refractivity contribution is -0.125. The molecule has 1 aliphatic heterocycles. The molecule has 33 heavy (non-hydrogen) atoms. The van der Waals surface area contributed by atoms with E-state index < -0.39 is 0 Å². The van der Waals surface area contributed by atoms with E-state index in [1.807, 2.05) is 18.2 Å². The molecule has 2 N–H and O–H groups in total. The van der Waals surface area contributed by atoms with Crippen LogP contribution in [-0.2, 0) is 9.59 Å². The maximum atomic E-state index is 12.5. The molecule has 2 amide bonds. The van der Waals surface area contributed by atoms with Crippen LogP contribution in [0.25, 0.3) is 10.9 Å². The van der Waals surface area contributed by atoms with Gasteiger partial charge in [0.1, 0.15) is 5.82 Å². The number of aromatic nitrogens is 1. The molecule has 0 radical (unpaired) electrons. The molecule has 6 heteroatoms. The zero-order valence-corrected chi connectivity index (χ0v) is 20.3. The van der Waals surface area contributed by atoms with Gasteiger partial charge in [-0.1, -0.05) is 26.7 Å². The fraction of sp³-hybridized carbons (Fsp3) is 0.593. The first-order valence-corrected chi connectivity index (χ1v) is 12.7. The van der Waals surface area contributed by atoms with Crippen molar-refractivity contribution in [1.29, 1.82) is 0 Å². The third kappa shape index (κ3) is 5.84. The zero-order chi connectivity index (χ0) is 23.4. The van der Waals surface area contributed by atoms with Crippen LogP contribution in [0.15, 0.2) is 24.3 Å². The van der Waals surface area contributed by atoms with Crippen LogP contribution in [0, 0.1) is 18.8 Å². The summed E-state index contributed by atoms with van der Waals surface area (Å²) in [6, 6.07) is 8.24. The molecule has 3 atom stereocenters. The van der Waals surface area contributed by atoms with Gasteiger partial charge in [0, 0.05) is 43.0 Å². The molecule has 178 valence electrons. The molecule has 1 aromatic heterocycles. The van der Waals surface area contributed by atoms with Gasteiger partial charge in [-0.3, -0.25) is 9.59 Å². The van der Waals surface area contributed by atoms with E-state index in [0.717, 1.165) is 53.9 Å². The smallest absolute Gasteiger partial charge is 0.224 e. The highest BCUT2D eigenvalue weighted by Crippen LogP contribution is 2.30. The van der Waals surface area contributed by atoms with Crippen LogP contribution >= 0.6 is 0 Å². The number of pyridine rings is 1. The monoisotopic (exact) mass is 450 g/mol. The lowest BCUT2D eigenvalue weighted by Crippen LogP contribution is -2.43. The Morgan fingerprint density at radius 2 is 1.76 bits per heavy atom. The van der Waals surface area contributed by atoms with Crippen LogP contribution in [-0.4, -0.2) is 35.9 Å². The van der Waals surface area contributed by atoms with Crippen molar-refractivity contribution in [2.24, 2.45) is 11.8 Å². The molecule has 2 fully saturated rings. The van der Waals surface area contributed by atoms with E-state index in [4.69, 9.17) is 4.98 Å². The first-order valence-electron chi connectivity index (χ1n) is 12.7. The van der Waals surface area contributed by atoms with Crippen molar-refractivity contribution in [3.63, 3.8) is 0 Å². The molecule has 1 saturated heterocycles. The predicted molar refractivity (Wildman–Crippen MR) is 135 cm³/mol. The normalized spacial score (nSPS) is 23.4. The molecule has 4 rings (SSSR count). The van der Waals surface area contributed by atoms with Gasteiger partial charge in [0.2, 0.25) is 11.8 Å². The van der Waals surface area contributed by atoms with Crippen molar-refractivity contribution in [1.82, 2.24) is 10.3 Å². The minimum Gasteiger partial charge on any atom is -0.357 e. The predicted octanol–water partition coefficient (Wildman–Crippen LogP) is 5.19. The Morgan fingerprint density at radius 3 is 2.55 bits per heavy atom. The largest absolute Gasteiger partial charge is 0.357 e. The van der Waals surface area contributed by atoms with E-state index in [1.165, 1.54) is 25.7 Å². The van der Waals surface area contributed by atoms with E-state index in [9.17, 15) is 9.59 Å². The van der Waals surface area contributed by atoms with Gasteiger partial charge in [-0.25, -0.2) is 4.98 Å². The van der Waals surface area contributed by atoms with Gasteiger partial charge in [0.25, 0.3) is 0 Å². The van der Waals surface area contributed by atoms with Crippen molar-refractivity contribution < 1.29 is 9.59 Å². The van der Waals surface area contributed by atoms with Gasteiger partial charge in [-0.05, 0) is 74.3 Å². The summed E-state index contributed by atoms with van der Waals surface area (Å²) in [5.74, 6) is 2.00. The van der Waals surface area contributed by atoms with E-state index in [0.29, 0.717) is 11.8 Å². The van der Waals surface area contributed by atoms with Crippen molar-refractivity contribution in [2.75, 3.05) is 23.3 Å². The van der Waals surface area contributed by atoms with Crippen LogP contribution in [0.5, 0.6) is 0 Å². The number of anilines is 2. The summed E-state index contributed by atoms with van der Waals surface area (Å²) in [6.07, 6.45) is 7.58. The maximum absolute atomic E-state index is 12.5. The van der Waals surface area contributed by atoms with E-state index in [2.05, 4.69) is 42.4 Å². The number of amides is 2. The molecule has 6 nitrogen and oxygen atoms in total. The Labute approximate surface area is 197 Å². The number of benzene rings is 1. The number of fused-ring (bicyclic) bond motifs is 1. The molecular weight excluding hydrogens is 412 g/mol. The maximum Gasteiger partial charge on any atom is 0.224 e. The SMILES string of the molecule is Cc1cc(N2CCCCC2)nc2ccc(NC(=O)CCC(=O)N[C@@H]3CCC[C@@H](C)[C@@H]3C)cc12. The van der Waals surface area contributed by atoms with Crippen molar-refractivity contribution >= 4 is 34.2 Å². The Hall–Kier alpha value is -2.63. The lowest BCUT2D eigenvalue weighted by atomic mass is 9.78. The highest BCUT2D eigenvalue weighted by molar-refractivity contribution is 5.96. The highest BCUT2D eigenvalue weighted by Gasteiger charge is 2.28. The van der Waals surface area contributed by atoms with Gasteiger partial charge >= 0.3 is 0 Å². The topological polar surface area (TPSA) is 74.3 Å². The van der Waals surface area contributed by atoms with E-state index in [1.54, 1.807) is 0 Å².